The van der Waals surface area contributed by atoms with E-state index in [2.05, 4.69) is 9.97 Å². The molecule has 0 saturated heterocycles. The molecule has 1 aromatic heterocycles. The van der Waals surface area contributed by atoms with Crippen LogP contribution in [0.25, 0.3) is 0 Å². The van der Waals surface area contributed by atoms with Crippen LogP contribution in [0, 0.1) is 6.92 Å². The molecule has 0 aliphatic rings. The Hall–Kier alpha value is -1.78. The molecule has 0 bridgehead atoms. The fourth-order valence-electron chi connectivity index (χ4n) is 2.09. The standard InChI is InChI=1S/C15H19N3O/c1-10(16)13-9-17-15(18-11(13)2)14(19-3)12-7-5-4-6-8-12/h4-10,14H,16H2,1-3H3/t10-,14?/m1/s1. The Bertz CT molecular complexity index is 540. The Kier molecular flexibility index (Phi) is 4.24. The number of benzene rings is 1. The molecule has 100 valence electrons. The molecule has 1 heterocycles. The molecule has 1 unspecified atom stereocenters. The van der Waals surface area contributed by atoms with Gasteiger partial charge in [-0.15, -0.1) is 0 Å². The molecule has 2 N–H and O–H groups in total. The molecular formula is C15H19N3O. The van der Waals surface area contributed by atoms with Crippen LogP contribution in [-0.2, 0) is 4.74 Å². The van der Waals surface area contributed by atoms with E-state index >= 15 is 0 Å². The van der Waals surface area contributed by atoms with Gasteiger partial charge in [0.05, 0.1) is 0 Å². The molecule has 4 heteroatoms. The zero-order valence-electron chi connectivity index (χ0n) is 11.5. The summed E-state index contributed by atoms with van der Waals surface area (Å²) in [6.07, 6.45) is 1.54. The van der Waals surface area contributed by atoms with E-state index in [4.69, 9.17) is 10.5 Å². The van der Waals surface area contributed by atoms with Gasteiger partial charge in [-0.2, -0.15) is 0 Å². The predicted octanol–water partition coefficient (Wildman–Crippen LogP) is 2.54. The summed E-state index contributed by atoms with van der Waals surface area (Å²) >= 11 is 0. The lowest BCUT2D eigenvalue weighted by molar-refractivity contribution is 0.129. The monoisotopic (exact) mass is 257 g/mol. The minimum Gasteiger partial charge on any atom is -0.369 e. The average molecular weight is 257 g/mol. The molecule has 0 aliphatic carbocycles. The third kappa shape index (κ3) is 2.97. The minimum atomic E-state index is -0.248. The van der Waals surface area contributed by atoms with Crippen LogP contribution in [-0.4, -0.2) is 17.1 Å². The SMILES string of the molecule is COC(c1ccccc1)c1ncc([C@@H](C)N)c(C)n1. The lowest BCUT2D eigenvalue weighted by Crippen LogP contribution is -2.13. The quantitative estimate of drug-likeness (QED) is 0.914. The molecule has 19 heavy (non-hydrogen) atoms. The molecule has 0 spiro atoms. The molecule has 2 atom stereocenters. The van der Waals surface area contributed by atoms with Crippen molar-refractivity contribution in [1.29, 1.82) is 0 Å². The summed E-state index contributed by atoms with van der Waals surface area (Å²) in [5.41, 5.74) is 8.78. The average Bonchev–Trinajstić information content (AvgIpc) is 2.40. The number of rotatable bonds is 4. The van der Waals surface area contributed by atoms with Gasteiger partial charge in [0.25, 0.3) is 0 Å². The van der Waals surface area contributed by atoms with Gasteiger partial charge in [0.15, 0.2) is 5.82 Å². The Morgan fingerprint density at radius 1 is 1.21 bits per heavy atom. The topological polar surface area (TPSA) is 61.0 Å². The highest BCUT2D eigenvalue weighted by Crippen LogP contribution is 2.23. The summed E-state index contributed by atoms with van der Waals surface area (Å²) in [6.45, 7) is 3.87. The highest BCUT2D eigenvalue weighted by atomic mass is 16.5. The van der Waals surface area contributed by atoms with Gasteiger partial charge in [0.2, 0.25) is 0 Å². The van der Waals surface area contributed by atoms with Crippen molar-refractivity contribution in [3.05, 3.63) is 59.2 Å². The van der Waals surface area contributed by atoms with Crippen molar-refractivity contribution in [2.75, 3.05) is 7.11 Å². The highest BCUT2D eigenvalue weighted by molar-refractivity contribution is 5.26. The Morgan fingerprint density at radius 2 is 1.89 bits per heavy atom. The first-order valence-corrected chi connectivity index (χ1v) is 6.30. The number of aryl methyl sites for hydroxylation is 1. The number of aromatic nitrogens is 2. The van der Waals surface area contributed by atoms with Crippen LogP contribution in [0.4, 0.5) is 0 Å². The zero-order valence-corrected chi connectivity index (χ0v) is 11.5. The molecular weight excluding hydrogens is 238 g/mol. The van der Waals surface area contributed by atoms with Crippen LogP contribution in [0.2, 0.25) is 0 Å². The van der Waals surface area contributed by atoms with E-state index in [0.29, 0.717) is 5.82 Å². The second-order valence-electron chi connectivity index (χ2n) is 4.58. The van der Waals surface area contributed by atoms with E-state index < -0.39 is 0 Å². The molecule has 0 radical (unpaired) electrons. The summed E-state index contributed by atoms with van der Waals surface area (Å²) in [6, 6.07) is 9.88. The molecule has 0 fully saturated rings. The fourth-order valence-corrected chi connectivity index (χ4v) is 2.09. The van der Waals surface area contributed by atoms with Gasteiger partial charge in [-0.3, -0.25) is 0 Å². The van der Waals surface area contributed by atoms with Crippen LogP contribution in [0.15, 0.2) is 36.5 Å². The molecule has 4 nitrogen and oxygen atoms in total. The van der Waals surface area contributed by atoms with Crippen LogP contribution in [0.5, 0.6) is 0 Å². The van der Waals surface area contributed by atoms with Gasteiger partial charge in [-0.25, -0.2) is 9.97 Å². The van der Waals surface area contributed by atoms with Crippen molar-refractivity contribution >= 4 is 0 Å². The Morgan fingerprint density at radius 3 is 2.42 bits per heavy atom. The normalized spacial score (nSPS) is 14.1. The minimum absolute atomic E-state index is 0.0632. The summed E-state index contributed by atoms with van der Waals surface area (Å²) in [4.78, 5) is 8.92. The summed E-state index contributed by atoms with van der Waals surface area (Å²) < 4.78 is 5.52. The maximum atomic E-state index is 5.87. The van der Waals surface area contributed by atoms with Gasteiger partial charge >= 0.3 is 0 Å². The van der Waals surface area contributed by atoms with Crippen LogP contribution < -0.4 is 5.73 Å². The van der Waals surface area contributed by atoms with Crippen molar-refractivity contribution < 1.29 is 4.74 Å². The lowest BCUT2D eigenvalue weighted by atomic mass is 10.1. The smallest absolute Gasteiger partial charge is 0.162 e. The summed E-state index contributed by atoms with van der Waals surface area (Å²) in [7, 11) is 1.66. The van der Waals surface area contributed by atoms with Gasteiger partial charge in [-0.1, -0.05) is 30.3 Å². The largest absolute Gasteiger partial charge is 0.369 e. The first-order valence-electron chi connectivity index (χ1n) is 6.30. The number of hydrogen-bond donors (Lipinski definition) is 1. The number of nitrogens with zero attached hydrogens (tertiary/aromatic N) is 2. The summed E-state index contributed by atoms with van der Waals surface area (Å²) in [5.74, 6) is 0.663. The van der Waals surface area contributed by atoms with E-state index in [1.165, 1.54) is 0 Å². The van der Waals surface area contributed by atoms with Gasteiger partial charge in [-0.05, 0) is 19.4 Å². The van der Waals surface area contributed by atoms with Gasteiger partial charge in [0, 0.05) is 30.6 Å². The maximum absolute atomic E-state index is 5.87. The van der Waals surface area contributed by atoms with E-state index in [-0.39, 0.29) is 12.1 Å². The number of ether oxygens (including phenoxy) is 1. The van der Waals surface area contributed by atoms with Crippen LogP contribution in [0.1, 0.15) is 41.7 Å². The summed E-state index contributed by atoms with van der Waals surface area (Å²) in [5, 5.41) is 0. The molecule has 2 rings (SSSR count). The first-order chi connectivity index (χ1) is 9.13. The molecule has 0 amide bonds. The Labute approximate surface area is 113 Å². The lowest BCUT2D eigenvalue weighted by Gasteiger charge is -2.16. The second-order valence-corrected chi connectivity index (χ2v) is 4.58. The molecule has 1 aromatic carbocycles. The molecule has 0 saturated carbocycles. The molecule has 2 aromatic rings. The third-order valence-electron chi connectivity index (χ3n) is 3.10. The predicted molar refractivity (Wildman–Crippen MR) is 74.7 cm³/mol. The number of methoxy groups -OCH3 is 1. The number of nitrogens with two attached hydrogens (primary N) is 1. The van der Waals surface area contributed by atoms with Crippen molar-refractivity contribution in [2.24, 2.45) is 5.73 Å². The van der Waals surface area contributed by atoms with Crippen molar-refractivity contribution in [3.8, 4) is 0 Å². The van der Waals surface area contributed by atoms with Crippen molar-refractivity contribution in [2.45, 2.75) is 26.0 Å². The maximum Gasteiger partial charge on any atom is 0.162 e. The van der Waals surface area contributed by atoms with E-state index in [9.17, 15) is 0 Å². The van der Waals surface area contributed by atoms with Gasteiger partial charge in [0.1, 0.15) is 6.10 Å². The Balaban J connectivity index is 2.37. The van der Waals surface area contributed by atoms with Crippen molar-refractivity contribution in [3.63, 3.8) is 0 Å². The van der Waals surface area contributed by atoms with E-state index in [1.807, 2.05) is 44.2 Å². The van der Waals surface area contributed by atoms with Crippen molar-refractivity contribution in [1.82, 2.24) is 9.97 Å². The fraction of sp³-hybridized carbons (Fsp3) is 0.333. The third-order valence-corrected chi connectivity index (χ3v) is 3.10. The van der Waals surface area contributed by atoms with Crippen LogP contribution >= 0.6 is 0 Å². The second kappa shape index (κ2) is 5.91. The van der Waals surface area contributed by atoms with Crippen LogP contribution in [0.3, 0.4) is 0 Å². The highest BCUT2D eigenvalue weighted by Gasteiger charge is 2.17. The van der Waals surface area contributed by atoms with E-state index in [1.54, 1.807) is 13.3 Å². The van der Waals surface area contributed by atoms with E-state index in [0.717, 1.165) is 16.8 Å². The zero-order chi connectivity index (χ0) is 13.8. The molecule has 0 aliphatic heterocycles. The first kappa shape index (κ1) is 13.6. The van der Waals surface area contributed by atoms with Gasteiger partial charge < -0.3 is 10.5 Å². The number of hydrogen-bond acceptors (Lipinski definition) is 4.